The molecule has 0 radical (unpaired) electrons. The zero-order valence-corrected chi connectivity index (χ0v) is 11.6. The summed E-state index contributed by atoms with van der Waals surface area (Å²) in [6, 6.07) is 5.35. The number of rotatable bonds is 4. The molecule has 1 aromatic carbocycles. The Morgan fingerprint density at radius 2 is 2.22 bits per heavy atom. The van der Waals surface area contributed by atoms with E-state index in [0.29, 0.717) is 23.0 Å². The fraction of sp³-hybridized carbons (Fsp3) is 0.500. The number of nitrogens with two attached hydrogens (primary N) is 1. The molecular formula is C14H19ClN2O. The van der Waals surface area contributed by atoms with Crippen LogP contribution in [0.15, 0.2) is 18.2 Å². The molecule has 0 heterocycles. The van der Waals surface area contributed by atoms with Gasteiger partial charge in [0.2, 0.25) is 0 Å². The molecule has 2 rings (SSSR count). The molecule has 1 aliphatic rings. The minimum absolute atomic E-state index is 0.0881. The Kier molecular flexibility index (Phi) is 3.64. The van der Waals surface area contributed by atoms with Crippen LogP contribution in [0.2, 0.25) is 5.02 Å². The number of aryl methyl sites for hydroxylation is 1. The van der Waals surface area contributed by atoms with Crippen molar-refractivity contribution in [3.63, 3.8) is 0 Å². The maximum absolute atomic E-state index is 12.3. The van der Waals surface area contributed by atoms with Crippen LogP contribution in [0, 0.1) is 12.8 Å². The van der Waals surface area contributed by atoms with Gasteiger partial charge >= 0.3 is 0 Å². The van der Waals surface area contributed by atoms with Crippen LogP contribution in [0.1, 0.15) is 35.7 Å². The van der Waals surface area contributed by atoms with E-state index in [4.69, 9.17) is 17.3 Å². The highest BCUT2D eigenvalue weighted by molar-refractivity contribution is 6.31. The van der Waals surface area contributed by atoms with Gasteiger partial charge in [0.25, 0.3) is 5.91 Å². The van der Waals surface area contributed by atoms with E-state index in [-0.39, 0.29) is 11.4 Å². The van der Waals surface area contributed by atoms with E-state index in [1.807, 2.05) is 19.9 Å². The van der Waals surface area contributed by atoms with Gasteiger partial charge in [-0.05, 0) is 50.3 Å². The molecule has 1 aliphatic carbocycles. The average molecular weight is 267 g/mol. The Balaban J connectivity index is 2.18. The van der Waals surface area contributed by atoms with E-state index in [0.717, 1.165) is 18.4 Å². The topological polar surface area (TPSA) is 55.1 Å². The Morgan fingerprint density at radius 1 is 1.56 bits per heavy atom. The van der Waals surface area contributed by atoms with Gasteiger partial charge in [-0.3, -0.25) is 4.79 Å². The molecule has 1 unspecified atom stereocenters. The van der Waals surface area contributed by atoms with Crippen molar-refractivity contribution >= 4 is 17.5 Å². The van der Waals surface area contributed by atoms with Gasteiger partial charge in [0, 0.05) is 17.1 Å². The lowest BCUT2D eigenvalue weighted by molar-refractivity contribution is 0.0897. The number of amides is 1. The maximum atomic E-state index is 12.3. The Bertz CT molecular complexity index is 471. The minimum Gasteiger partial charge on any atom is -0.345 e. The fourth-order valence-electron chi connectivity index (χ4n) is 2.21. The van der Waals surface area contributed by atoms with Crippen molar-refractivity contribution in [3.05, 3.63) is 34.3 Å². The molecule has 1 aromatic rings. The minimum atomic E-state index is -0.300. The standard InChI is InChI=1S/C14H19ClN2O/c1-9-3-6-11(15)7-12(9)13(18)17-14(2,8-16)10-4-5-10/h3,6-7,10H,4-5,8,16H2,1-2H3,(H,17,18). The van der Waals surface area contributed by atoms with Crippen LogP contribution in [-0.4, -0.2) is 18.0 Å². The summed E-state index contributed by atoms with van der Waals surface area (Å²) >= 11 is 5.94. The number of carbonyl (C=O) groups excluding carboxylic acids is 1. The zero-order valence-electron chi connectivity index (χ0n) is 10.8. The molecule has 1 amide bonds. The summed E-state index contributed by atoms with van der Waals surface area (Å²) in [5.74, 6) is 0.417. The van der Waals surface area contributed by atoms with Crippen LogP contribution in [0.5, 0.6) is 0 Å². The summed E-state index contributed by atoms with van der Waals surface area (Å²) in [6.07, 6.45) is 2.28. The molecule has 1 saturated carbocycles. The molecule has 1 atom stereocenters. The van der Waals surface area contributed by atoms with E-state index >= 15 is 0 Å². The molecule has 3 nitrogen and oxygen atoms in total. The lowest BCUT2D eigenvalue weighted by Gasteiger charge is -2.29. The summed E-state index contributed by atoms with van der Waals surface area (Å²) in [7, 11) is 0. The monoisotopic (exact) mass is 266 g/mol. The normalized spacial score (nSPS) is 18.2. The van der Waals surface area contributed by atoms with Gasteiger partial charge < -0.3 is 11.1 Å². The number of halogens is 1. The van der Waals surface area contributed by atoms with E-state index in [2.05, 4.69) is 5.32 Å². The van der Waals surface area contributed by atoms with Gasteiger partial charge in [0.05, 0.1) is 5.54 Å². The third-order valence-electron chi connectivity index (χ3n) is 3.75. The maximum Gasteiger partial charge on any atom is 0.252 e. The van der Waals surface area contributed by atoms with Crippen molar-refractivity contribution in [3.8, 4) is 0 Å². The second kappa shape index (κ2) is 4.90. The molecule has 1 fully saturated rings. The van der Waals surface area contributed by atoms with Gasteiger partial charge in [-0.15, -0.1) is 0 Å². The molecule has 18 heavy (non-hydrogen) atoms. The number of hydrogen-bond donors (Lipinski definition) is 2. The first-order chi connectivity index (χ1) is 8.46. The lowest BCUT2D eigenvalue weighted by atomic mass is 9.95. The van der Waals surface area contributed by atoms with Gasteiger partial charge in [-0.25, -0.2) is 0 Å². The predicted octanol–water partition coefficient (Wildman–Crippen LogP) is 2.51. The smallest absolute Gasteiger partial charge is 0.252 e. The first-order valence-electron chi connectivity index (χ1n) is 6.25. The summed E-state index contributed by atoms with van der Waals surface area (Å²) in [6.45, 7) is 4.38. The molecule has 3 N–H and O–H groups in total. The summed E-state index contributed by atoms with van der Waals surface area (Å²) in [4.78, 5) is 12.3. The molecule has 98 valence electrons. The average Bonchev–Trinajstić information content (AvgIpc) is 3.16. The SMILES string of the molecule is Cc1ccc(Cl)cc1C(=O)NC(C)(CN)C1CC1. The van der Waals surface area contributed by atoms with Crippen LogP contribution in [0.4, 0.5) is 0 Å². The van der Waals surface area contributed by atoms with E-state index < -0.39 is 0 Å². The molecular weight excluding hydrogens is 248 g/mol. The van der Waals surface area contributed by atoms with Crippen molar-refractivity contribution in [2.75, 3.05) is 6.54 Å². The van der Waals surface area contributed by atoms with E-state index in [9.17, 15) is 4.79 Å². The highest BCUT2D eigenvalue weighted by Gasteiger charge is 2.41. The highest BCUT2D eigenvalue weighted by atomic mass is 35.5. The van der Waals surface area contributed by atoms with Crippen LogP contribution in [0.3, 0.4) is 0 Å². The van der Waals surface area contributed by atoms with Crippen LogP contribution >= 0.6 is 11.6 Å². The molecule has 0 aromatic heterocycles. The fourth-order valence-corrected chi connectivity index (χ4v) is 2.38. The second-order valence-electron chi connectivity index (χ2n) is 5.31. The Labute approximate surface area is 113 Å². The van der Waals surface area contributed by atoms with Crippen LogP contribution in [-0.2, 0) is 0 Å². The van der Waals surface area contributed by atoms with Gasteiger partial charge in [0.15, 0.2) is 0 Å². The third kappa shape index (κ3) is 2.68. The molecule has 0 bridgehead atoms. The van der Waals surface area contributed by atoms with Crippen molar-refractivity contribution in [2.45, 2.75) is 32.2 Å². The van der Waals surface area contributed by atoms with Crippen molar-refractivity contribution in [1.29, 1.82) is 0 Å². The zero-order chi connectivity index (χ0) is 13.3. The van der Waals surface area contributed by atoms with Crippen molar-refractivity contribution in [2.24, 2.45) is 11.7 Å². The molecule has 0 spiro atoms. The predicted molar refractivity (Wildman–Crippen MR) is 73.8 cm³/mol. The van der Waals surface area contributed by atoms with E-state index in [1.165, 1.54) is 0 Å². The van der Waals surface area contributed by atoms with Crippen molar-refractivity contribution < 1.29 is 4.79 Å². The summed E-state index contributed by atoms with van der Waals surface area (Å²) < 4.78 is 0. The second-order valence-corrected chi connectivity index (χ2v) is 5.75. The van der Waals surface area contributed by atoms with Crippen LogP contribution < -0.4 is 11.1 Å². The number of benzene rings is 1. The Hall–Kier alpha value is -1.06. The van der Waals surface area contributed by atoms with Gasteiger partial charge in [-0.2, -0.15) is 0 Å². The quantitative estimate of drug-likeness (QED) is 0.880. The third-order valence-corrected chi connectivity index (χ3v) is 3.98. The molecule has 0 saturated heterocycles. The van der Waals surface area contributed by atoms with Crippen LogP contribution in [0.25, 0.3) is 0 Å². The Morgan fingerprint density at radius 3 is 2.78 bits per heavy atom. The van der Waals surface area contributed by atoms with Gasteiger partial charge in [-0.1, -0.05) is 17.7 Å². The molecule has 4 heteroatoms. The number of nitrogens with one attached hydrogen (secondary N) is 1. The highest BCUT2D eigenvalue weighted by Crippen LogP contribution is 2.39. The van der Waals surface area contributed by atoms with E-state index in [1.54, 1.807) is 12.1 Å². The first-order valence-corrected chi connectivity index (χ1v) is 6.63. The number of carbonyl (C=O) groups is 1. The molecule has 0 aliphatic heterocycles. The lowest BCUT2D eigenvalue weighted by Crippen LogP contribution is -2.53. The van der Waals surface area contributed by atoms with Crippen molar-refractivity contribution in [1.82, 2.24) is 5.32 Å². The largest absolute Gasteiger partial charge is 0.345 e. The first kappa shape index (κ1) is 13.4. The van der Waals surface area contributed by atoms with Gasteiger partial charge in [0.1, 0.15) is 0 Å². The summed E-state index contributed by atoms with van der Waals surface area (Å²) in [5.41, 5.74) is 7.05. The number of hydrogen-bond acceptors (Lipinski definition) is 2. The summed E-state index contributed by atoms with van der Waals surface area (Å²) in [5, 5.41) is 3.64.